The Labute approximate surface area is 94.0 Å². The van der Waals surface area contributed by atoms with Crippen LogP contribution in [0.15, 0.2) is 24.8 Å². The molecular weight excluding hydrogens is 208 g/mol. The molecule has 0 fully saturated rings. The number of hydrogen-bond donors (Lipinski definition) is 1. The summed E-state index contributed by atoms with van der Waals surface area (Å²) in [6.45, 7) is 6.18. The molecule has 0 aliphatic rings. The van der Waals surface area contributed by atoms with Gasteiger partial charge < -0.3 is 4.98 Å². The number of halogens is 1. The summed E-state index contributed by atoms with van der Waals surface area (Å²) in [6, 6.07) is 5.72. The fourth-order valence-corrected chi connectivity index (χ4v) is 1.76. The third kappa shape index (κ3) is 2.05. The monoisotopic (exact) mass is 220 g/mol. The Balaban J connectivity index is 2.42. The summed E-state index contributed by atoms with van der Waals surface area (Å²) < 4.78 is 0. The molecule has 0 spiro atoms. The molecule has 1 N–H and O–H groups in total. The van der Waals surface area contributed by atoms with Gasteiger partial charge in [-0.3, -0.25) is 0 Å². The second kappa shape index (κ2) is 4.07. The minimum absolute atomic E-state index is 0.522. The van der Waals surface area contributed by atoms with Crippen molar-refractivity contribution in [1.29, 1.82) is 0 Å². The van der Waals surface area contributed by atoms with Crippen molar-refractivity contribution in [3.63, 3.8) is 0 Å². The summed E-state index contributed by atoms with van der Waals surface area (Å²) in [7, 11) is 0. The van der Waals surface area contributed by atoms with Crippen LogP contribution >= 0.6 is 11.6 Å². The minimum atomic E-state index is 0.522. The van der Waals surface area contributed by atoms with Crippen LogP contribution < -0.4 is 0 Å². The summed E-state index contributed by atoms with van der Waals surface area (Å²) in [6.07, 6.45) is 2.10. The molecular formula is C12H13ClN2. The van der Waals surface area contributed by atoms with Crippen molar-refractivity contribution in [3.8, 4) is 0 Å². The smallest absolute Gasteiger partial charge is 0.129 e. The molecule has 15 heavy (non-hydrogen) atoms. The molecule has 0 aliphatic heterocycles. The lowest BCUT2D eigenvalue weighted by atomic mass is 10.1. The number of H-pyrrole nitrogens is 1. The van der Waals surface area contributed by atoms with E-state index in [1.54, 1.807) is 6.07 Å². The molecule has 3 heteroatoms. The fourth-order valence-electron chi connectivity index (χ4n) is 1.61. The lowest BCUT2D eigenvalue weighted by Gasteiger charge is -1.98. The van der Waals surface area contributed by atoms with E-state index in [0.717, 1.165) is 35.1 Å². The Morgan fingerprint density at radius 1 is 1.53 bits per heavy atom. The van der Waals surface area contributed by atoms with Gasteiger partial charge in [-0.05, 0) is 30.2 Å². The average Bonchev–Trinajstić information content (AvgIpc) is 2.60. The van der Waals surface area contributed by atoms with Gasteiger partial charge in [0.2, 0.25) is 0 Å². The molecule has 2 aromatic rings. The van der Waals surface area contributed by atoms with Gasteiger partial charge in [0.1, 0.15) is 5.15 Å². The fraction of sp³-hybridized carbons (Fsp3) is 0.250. The highest BCUT2D eigenvalue weighted by Gasteiger charge is 2.04. The molecule has 0 unspecified atom stereocenters. The van der Waals surface area contributed by atoms with Crippen molar-refractivity contribution in [1.82, 2.24) is 9.97 Å². The van der Waals surface area contributed by atoms with Crippen molar-refractivity contribution >= 4 is 28.2 Å². The van der Waals surface area contributed by atoms with Crippen LogP contribution in [-0.2, 0) is 0 Å². The molecule has 0 aliphatic carbocycles. The van der Waals surface area contributed by atoms with Crippen molar-refractivity contribution in [2.45, 2.75) is 19.8 Å². The van der Waals surface area contributed by atoms with Crippen LogP contribution in [0.1, 0.15) is 25.5 Å². The van der Waals surface area contributed by atoms with Crippen LogP contribution in [0.4, 0.5) is 0 Å². The summed E-state index contributed by atoms with van der Waals surface area (Å²) in [5, 5.41) is 0.522. The number of hydrogen-bond acceptors (Lipinski definition) is 1. The third-order valence-corrected chi connectivity index (χ3v) is 2.58. The van der Waals surface area contributed by atoms with Crippen molar-refractivity contribution < 1.29 is 0 Å². The molecule has 2 aromatic heterocycles. The van der Waals surface area contributed by atoms with Gasteiger partial charge in [-0.2, -0.15) is 0 Å². The number of aromatic nitrogens is 2. The van der Waals surface area contributed by atoms with Crippen LogP contribution in [0.25, 0.3) is 16.6 Å². The first-order chi connectivity index (χ1) is 7.20. The second-order valence-corrected chi connectivity index (χ2v) is 3.99. The van der Waals surface area contributed by atoms with E-state index in [2.05, 4.69) is 23.5 Å². The van der Waals surface area contributed by atoms with E-state index in [1.807, 2.05) is 12.1 Å². The number of nitrogens with zero attached hydrogens (tertiary/aromatic N) is 1. The van der Waals surface area contributed by atoms with E-state index in [9.17, 15) is 0 Å². The van der Waals surface area contributed by atoms with Gasteiger partial charge in [-0.25, -0.2) is 4.98 Å². The van der Waals surface area contributed by atoms with Gasteiger partial charge in [-0.15, -0.1) is 0 Å². The zero-order valence-corrected chi connectivity index (χ0v) is 9.43. The molecule has 2 rings (SSSR count). The van der Waals surface area contributed by atoms with Crippen molar-refractivity contribution in [2.24, 2.45) is 0 Å². The predicted octanol–water partition coefficient (Wildman–Crippen LogP) is 4.03. The zero-order valence-electron chi connectivity index (χ0n) is 8.68. The third-order valence-electron chi connectivity index (χ3n) is 2.37. The topological polar surface area (TPSA) is 28.7 Å². The lowest BCUT2D eigenvalue weighted by molar-refractivity contribution is 0.971. The molecule has 0 bridgehead atoms. The van der Waals surface area contributed by atoms with Crippen LogP contribution in [0.2, 0.25) is 5.15 Å². The number of allylic oxidation sites excluding steroid dienone is 1. The molecule has 0 saturated carbocycles. The van der Waals surface area contributed by atoms with Crippen molar-refractivity contribution in [2.75, 3.05) is 0 Å². The quantitative estimate of drug-likeness (QED) is 0.778. The van der Waals surface area contributed by atoms with Crippen LogP contribution in [0.5, 0.6) is 0 Å². The molecule has 0 aromatic carbocycles. The van der Waals surface area contributed by atoms with Gasteiger partial charge in [0.25, 0.3) is 0 Å². The second-order valence-electron chi connectivity index (χ2n) is 3.60. The van der Waals surface area contributed by atoms with Gasteiger partial charge in [-0.1, -0.05) is 31.5 Å². The van der Waals surface area contributed by atoms with E-state index in [4.69, 9.17) is 11.6 Å². The van der Waals surface area contributed by atoms with Gasteiger partial charge >= 0.3 is 0 Å². The Hall–Kier alpha value is -1.28. The summed E-state index contributed by atoms with van der Waals surface area (Å²) in [5.74, 6) is 0. The highest BCUT2D eigenvalue weighted by Crippen LogP contribution is 2.22. The molecule has 0 amide bonds. The first-order valence-electron chi connectivity index (χ1n) is 5.04. The van der Waals surface area contributed by atoms with E-state index < -0.39 is 0 Å². The first-order valence-corrected chi connectivity index (χ1v) is 5.42. The standard InChI is InChI=1S/C12H13ClN2/c1-3-4-8(2)10-7-11-9(14-10)5-6-12(13)15-11/h5-7,14H,2-4H2,1H3. The largest absolute Gasteiger partial charge is 0.353 e. The average molecular weight is 221 g/mol. The Bertz CT molecular complexity index is 499. The maximum Gasteiger partial charge on any atom is 0.129 e. The normalized spacial score (nSPS) is 10.8. The molecule has 78 valence electrons. The number of rotatable bonds is 3. The Kier molecular flexibility index (Phi) is 2.78. The van der Waals surface area contributed by atoms with Crippen molar-refractivity contribution in [3.05, 3.63) is 35.6 Å². The van der Waals surface area contributed by atoms with E-state index >= 15 is 0 Å². The van der Waals surface area contributed by atoms with Gasteiger partial charge in [0.05, 0.1) is 11.0 Å². The SMILES string of the molecule is C=C(CCC)c1cc2nc(Cl)ccc2[nH]1. The predicted molar refractivity (Wildman–Crippen MR) is 65.0 cm³/mol. The minimum Gasteiger partial charge on any atom is -0.353 e. The Morgan fingerprint density at radius 3 is 3.07 bits per heavy atom. The summed E-state index contributed by atoms with van der Waals surface area (Å²) in [4.78, 5) is 7.52. The molecule has 2 heterocycles. The van der Waals surface area contributed by atoms with Gasteiger partial charge in [0, 0.05) is 5.69 Å². The number of fused-ring (bicyclic) bond motifs is 1. The lowest BCUT2D eigenvalue weighted by Crippen LogP contribution is -1.80. The van der Waals surface area contributed by atoms with E-state index in [0.29, 0.717) is 5.15 Å². The number of pyridine rings is 1. The number of nitrogens with one attached hydrogen (secondary N) is 1. The maximum absolute atomic E-state index is 5.82. The van der Waals surface area contributed by atoms with Crippen LogP contribution in [0.3, 0.4) is 0 Å². The molecule has 0 atom stereocenters. The zero-order chi connectivity index (χ0) is 10.8. The highest BCUT2D eigenvalue weighted by molar-refractivity contribution is 6.29. The van der Waals surface area contributed by atoms with Gasteiger partial charge in [0.15, 0.2) is 0 Å². The Morgan fingerprint density at radius 2 is 2.33 bits per heavy atom. The van der Waals surface area contributed by atoms with Crippen LogP contribution in [0, 0.1) is 0 Å². The first kappa shape index (κ1) is 10.2. The molecule has 0 saturated heterocycles. The maximum atomic E-state index is 5.82. The molecule has 0 radical (unpaired) electrons. The highest BCUT2D eigenvalue weighted by atomic mass is 35.5. The molecule has 2 nitrogen and oxygen atoms in total. The van der Waals surface area contributed by atoms with Crippen LogP contribution in [-0.4, -0.2) is 9.97 Å². The number of aromatic amines is 1. The summed E-state index contributed by atoms with van der Waals surface area (Å²) in [5.41, 5.74) is 4.08. The summed E-state index contributed by atoms with van der Waals surface area (Å²) >= 11 is 5.82. The van der Waals surface area contributed by atoms with E-state index in [-0.39, 0.29) is 0 Å². The van der Waals surface area contributed by atoms with E-state index in [1.165, 1.54) is 0 Å².